The van der Waals surface area contributed by atoms with Crippen molar-refractivity contribution >= 4 is 5.69 Å². The van der Waals surface area contributed by atoms with Crippen molar-refractivity contribution in [3.05, 3.63) is 65.5 Å². The minimum atomic E-state index is -0.237. The van der Waals surface area contributed by atoms with Crippen LogP contribution in [0.5, 0.6) is 0 Å². The molecule has 18 heavy (non-hydrogen) atoms. The van der Waals surface area contributed by atoms with Gasteiger partial charge in [0, 0.05) is 13.6 Å². The second-order valence-corrected chi connectivity index (χ2v) is 4.11. The van der Waals surface area contributed by atoms with Gasteiger partial charge < -0.3 is 4.90 Å². The van der Waals surface area contributed by atoms with Gasteiger partial charge in [-0.1, -0.05) is 24.3 Å². The van der Waals surface area contributed by atoms with E-state index < -0.39 is 0 Å². The Morgan fingerprint density at radius 1 is 1.11 bits per heavy atom. The van der Waals surface area contributed by atoms with Crippen molar-refractivity contribution in [1.29, 1.82) is 5.26 Å². The summed E-state index contributed by atoms with van der Waals surface area (Å²) in [5.41, 5.74) is 2.53. The second-order valence-electron chi connectivity index (χ2n) is 4.11. The highest BCUT2D eigenvalue weighted by Gasteiger charge is 2.06. The molecule has 0 aliphatic carbocycles. The van der Waals surface area contributed by atoms with E-state index in [0.717, 1.165) is 11.3 Å². The van der Waals surface area contributed by atoms with E-state index in [4.69, 9.17) is 5.26 Å². The number of nitrogens with zero attached hydrogens (tertiary/aromatic N) is 2. The van der Waals surface area contributed by atoms with Gasteiger partial charge in [0.25, 0.3) is 0 Å². The molecule has 0 saturated carbocycles. The lowest BCUT2D eigenvalue weighted by atomic mass is 10.1. The molecule has 3 heteroatoms. The fourth-order valence-corrected chi connectivity index (χ4v) is 1.85. The Balaban J connectivity index is 2.19. The standard InChI is InChI=1S/C15H13FN2/c1-18(11-12-6-8-14(16)9-7-12)15-5-3-2-4-13(15)10-17/h2-9H,11H2,1H3. The molecule has 0 aliphatic rings. The van der Waals surface area contributed by atoms with Gasteiger partial charge in [0.2, 0.25) is 0 Å². The molecule has 0 radical (unpaired) electrons. The molecule has 2 aromatic carbocycles. The summed E-state index contributed by atoms with van der Waals surface area (Å²) in [5.74, 6) is -0.237. The number of para-hydroxylation sites is 1. The van der Waals surface area contributed by atoms with Crippen molar-refractivity contribution in [2.45, 2.75) is 6.54 Å². The van der Waals surface area contributed by atoms with E-state index >= 15 is 0 Å². The summed E-state index contributed by atoms with van der Waals surface area (Å²) in [7, 11) is 1.92. The zero-order valence-electron chi connectivity index (χ0n) is 10.1. The maximum Gasteiger partial charge on any atom is 0.123 e. The Morgan fingerprint density at radius 2 is 1.78 bits per heavy atom. The number of rotatable bonds is 3. The molecular weight excluding hydrogens is 227 g/mol. The molecule has 0 atom stereocenters. The summed E-state index contributed by atoms with van der Waals surface area (Å²) >= 11 is 0. The lowest BCUT2D eigenvalue weighted by Crippen LogP contribution is -2.17. The predicted octanol–water partition coefficient (Wildman–Crippen LogP) is 3.33. The average Bonchev–Trinajstić information content (AvgIpc) is 2.41. The summed E-state index contributed by atoms with van der Waals surface area (Å²) in [5, 5.41) is 9.04. The average molecular weight is 240 g/mol. The third-order valence-corrected chi connectivity index (χ3v) is 2.77. The highest BCUT2D eigenvalue weighted by Crippen LogP contribution is 2.20. The van der Waals surface area contributed by atoms with Gasteiger partial charge in [0.15, 0.2) is 0 Å². The third-order valence-electron chi connectivity index (χ3n) is 2.77. The number of benzene rings is 2. The summed E-state index contributed by atoms with van der Waals surface area (Å²) < 4.78 is 12.8. The monoisotopic (exact) mass is 240 g/mol. The van der Waals surface area contributed by atoms with E-state index in [1.807, 2.05) is 30.1 Å². The van der Waals surface area contributed by atoms with Crippen LogP contribution in [0.3, 0.4) is 0 Å². The van der Waals surface area contributed by atoms with Crippen LogP contribution >= 0.6 is 0 Å². The zero-order valence-corrected chi connectivity index (χ0v) is 10.1. The van der Waals surface area contributed by atoms with Gasteiger partial charge in [-0.25, -0.2) is 4.39 Å². The van der Waals surface area contributed by atoms with Gasteiger partial charge in [-0.3, -0.25) is 0 Å². The summed E-state index contributed by atoms with van der Waals surface area (Å²) in [6, 6.07) is 16.0. The molecule has 0 saturated heterocycles. The van der Waals surface area contributed by atoms with Crippen LogP contribution in [0.15, 0.2) is 48.5 Å². The number of halogens is 1. The molecule has 90 valence electrons. The van der Waals surface area contributed by atoms with E-state index in [1.54, 1.807) is 18.2 Å². The summed E-state index contributed by atoms with van der Waals surface area (Å²) in [4.78, 5) is 1.98. The molecule has 0 N–H and O–H groups in total. The number of hydrogen-bond donors (Lipinski definition) is 0. The van der Waals surface area contributed by atoms with Crippen LogP contribution < -0.4 is 4.90 Å². The van der Waals surface area contributed by atoms with Crippen LogP contribution in [-0.2, 0) is 6.54 Å². The number of nitriles is 1. The van der Waals surface area contributed by atoms with Crippen molar-refractivity contribution in [3.8, 4) is 6.07 Å². The Labute approximate surface area is 106 Å². The second kappa shape index (κ2) is 5.33. The molecule has 2 rings (SSSR count). The van der Waals surface area contributed by atoms with Gasteiger partial charge in [0.1, 0.15) is 11.9 Å². The topological polar surface area (TPSA) is 27.0 Å². The zero-order chi connectivity index (χ0) is 13.0. The van der Waals surface area contributed by atoms with Crippen LogP contribution in [0.1, 0.15) is 11.1 Å². The van der Waals surface area contributed by atoms with Crippen molar-refractivity contribution in [2.24, 2.45) is 0 Å². The van der Waals surface area contributed by atoms with Gasteiger partial charge in [0.05, 0.1) is 11.3 Å². The largest absolute Gasteiger partial charge is 0.369 e. The SMILES string of the molecule is CN(Cc1ccc(F)cc1)c1ccccc1C#N. The summed E-state index contributed by atoms with van der Waals surface area (Å²) in [6.45, 7) is 0.638. The minimum absolute atomic E-state index is 0.237. The van der Waals surface area contributed by atoms with Crippen LogP contribution in [0, 0.1) is 17.1 Å². The van der Waals surface area contributed by atoms with E-state index in [-0.39, 0.29) is 5.82 Å². The quantitative estimate of drug-likeness (QED) is 0.822. The van der Waals surface area contributed by atoms with Crippen molar-refractivity contribution in [1.82, 2.24) is 0 Å². The third kappa shape index (κ3) is 2.67. The Bertz CT molecular complexity index is 570. The highest BCUT2D eigenvalue weighted by molar-refractivity contribution is 5.58. The normalized spacial score (nSPS) is 9.83. The lowest BCUT2D eigenvalue weighted by molar-refractivity contribution is 0.627. The number of hydrogen-bond acceptors (Lipinski definition) is 2. The van der Waals surface area contributed by atoms with Crippen molar-refractivity contribution in [2.75, 3.05) is 11.9 Å². The van der Waals surface area contributed by atoms with E-state index in [0.29, 0.717) is 12.1 Å². The summed E-state index contributed by atoms with van der Waals surface area (Å²) in [6.07, 6.45) is 0. The minimum Gasteiger partial charge on any atom is -0.369 e. The Hall–Kier alpha value is -2.34. The molecule has 0 unspecified atom stereocenters. The first-order chi connectivity index (χ1) is 8.70. The van der Waals surface area contributed by atoms with Crippen LogP contribution in [-0.4, -0.2) is 7.05 Å². The van der Waals surface area contributed by atoms with Gasteiger partial charge in [-0.05, 0) is 29.8 Å². The van der Waals surface area contributed by atoms with E-state index in [1.165, 1.54) is 12.1 Å². The molecule has 0 aliphatic heterocycles. The maximum absolute atomic E-state index is 12.8. The fourth-order valence-electron chi connectivity index (χ4n) is 1.85. The predicted molar refractivity (Wildman–Crippen MR) is 69.7 cm³/mol. The molecule has 2 aromatic rings. The van der Waals surface area contributed by atoms with Crippen molar-refractivity contribution in [3.63, 3.8) is 0 Å². The first-order valence-electron chi connectivity index (χ1n) is 5.65. The van der Waals surface area contributed by atoms with E-state index in [9.17, 15) is 4.39 Å². The first-order valence-corrected chi connectivity index (χ1v) is 5.65. The first kappa shape index (κ1) is 12.1. The molecule has 0 aromatic heterocycles. The lowest BCUT2D eigenvalue weighted by Gasteiger charge is -2.20. The Kier molecular flexibility index (Phi) is 3.59. The van der Waals surface area contributed by atoms with Crippen molar-refractivity contribution < 1.29 is 4.39 Å². The maximum atomic E-state index is 12.8. The molecular formula is C15H13FN2. The molecule has 0 spiro atoms. The number of anilines is 1. The van der Waals surface area contributed by atoms with Crippen LogP contribution in [0.4, 0.5) is 10.1 Å². The molecule has 0 heterocycles. The molecule has 2 nitrogen and oxygen atoms in total. The highest BCUT2D eigenvalue weighted by atomic mass is 19.1. The van der Waals surface area contributed by atoms with Gasteiger partial charge in [-0.15, -0.1) is 0 Å². The fraction of sp³-hybridized carbons (Fsp3) is 0.133. The van der Waals surface area contributed by atoms with Crippen LogP contribution in [0.25, 0.3) is 0 Å². The van der Waals surface area contributed by atoms with Gasteiger partial charge >= 0.3 is 0 Å². The molecule has 0 bridgehead atoms. The molecule has 0 amide bonds. The van der Waals surface area contributed by atoms with E-state index in [2.05, 4.69) is 6.07 Å². The molecule has 0 fully saturated rings. The van der Waals surface area contributed by atoms with Crippen LogP contribution in [0.2, 0.25) is 0 Å². The Morgan fingerprint density at radius 3 is 2.44 bits per heavy atom. The smallest absolute Gasteiger partial charge is 0.123 e. The van der Waals surface area contributed by atoms with Gasteiger partial charge in [-0.2, -0.15) is 5.26 Å².